The lowest BCUT2D eigenvalue weighted by Crippen LogP contribution is -1.96. The molecule has 0 bridgehead atoms. The highest BCUT2D eigenvalue weighted by Crippen LogP contribution is 2.16. The standard InChI is InChI=1S/C10H7NO2.H2O/c12-10(13)9-3-1-2-7-6-11-5-4-8(7)9;/h1-6H,(H,12,13);1H2. The first-order chi connectivity index (χ1) is 6.29. The van der Waals surface area contributed by atoms with Crippen LogP contribution in [-0.4, -0.2) is 21.5 Å². The van der Waals surface area contributed by atoms with E-state index in [-0.39, 0.29) is 5.48 Å². The Labute approximate surface area is 80.1 Å². The molecule has 0 aliphatic heterocycles. The van der Waals surface area contributed by atoms with E-state index in [0.29, 0.717) is 5.56 Å². The van der Waals surface area contributed by atoms with E-state index in [1.165, 1.54) is 0 Å². The molecule has 0 unspecified atom stereocenters. The molecule has 0 aliphatic rings. The fourth-order valence-corrected chi connectivity index (χ4v) is 1.31. The molecular formula is C10H9NO3. The van der Waals surface area contributed by atoms with Gasteiger partial charge in [-0.25, -0.2) is 4.79 Å². The largest absolute Gasteiger partial charge is 0.478 e. The second-order valence-electron chi connectivity index (χ2n) is 2.71. The zero-order chi connectivity index (χ0) is 9.26. The van der Waals surface area contributed by atoms with E-state index in [1.807, 2.05) is 6.07 Å². The monoisotopic (exact) mass is 191 g/mol. The number of carboxylic acid groups (broad SMARTS) is 1. The molecule has 0 amide bonds. The normalized spacial score (nSPS) is 9.43. The average molecular weight is 191 g/mol. The number of carbonyl (C=O) groups is 1. The van der Waals surface area contributed by atoms with Crippen LogP contribution in [0.4, 0.5) is 0 Å². The lowest BCUT2D eigenvalue weighted by Gasteiger charge is -1.99. The van der Waals surface area contributed by atoms with Crippen molar-refractivity contribution in [1.82, 2.24) is 4.98 Å². The van der Waals surface area contributed by atoms with Crippen molar-refractivity contribution < 1.29 is 15.4 Å². The van der Waals surface area contributed by atoms with Crippen LogP contribution in [-0.2, 0) is 0 Å². The first kappa shape index (κ1) is 10.1. The van der Waals surface area contributed by atoms with E-state index in [2.05, 4.69) is 4.98 Å². The minimum Gasteiger partial charge on any atom is -0.478 e. The van der Waals surface area contributed by atoms with Crippen molar-refractivity contribution in [3.05, 3.63) is 42.2 Å². The van der Waals surface area contributed by atoms with E-state index in [1.54, 1.807) is 30.6 Å². The Bertz CT molecular complexity index is 462. The molecule has 72 valence electrons. The van der Waals surface area contributed by atoms with Gasteiger partial charge in [-0.05, 0) is 17.5 Å². The van der Waals surface area contributed by atoms with Crippen LogP contribution >= 0.6 is 0 Å². The Hall–Kier alpha value is -1.94. The van der Waals surface area contributed by atoms with Crippen molar-refractivity contribution >= 4 is 16.7 Å². The number of rotatable bonds is 1. The van der Waals surface area contributed by atoms with Gasteiger partial charge in [-0.3, -0.25) is 4.98 Å². The van der Waals surface area contributed by atoms with Crippen molar-refractivity contribution in [3.8, 4) is 0 Å². The first-order valence-electron chi connectivity index (χ1n) is 3.85. The SMILES string of the molecule is O.O=C(O)c1cccc2cnccc12. The summed E-state index contributed by atoms with van der Waals surface area (Å²) in [4.78, 5) is 14.7. The molecule has 1 aromatic heterocycles. The van der Waals surface area contributed by atoms with Crippen LogP contribution < -0.4 is 0 Å². The molecule has 0 fully saturated rings. The molecule has 1 aromatic carbocycles. The smallest absolute Gasteiger partial charge is 0.336 e. The fraction of sp³-hybridized carbons (Fsp3) is 0. The van der Waals surface area contributed by atoms with Gasteiger partial charge in [0.05, 0.1) is 5.56 Å². The molecule has 0 aliphatic carbocycles. The Balaban J connectivity index is 0.000000980. The summed E-state index contributed by atoms with van der Waals surface area (Å²) in [5, 5.41) is 10.4. The molecule has 0 radical (unpaired) electrons. The van der Waals surface area contributed by atoms with Crippen LogP contribution in [0.2, 0.25) is 0 Å². The lowest BCUT2D eigenvalue weighted by molar-refractivity contribution is 0.0699. The number of pyridine rings is 1. The first-order valence-corrected chi connectivity index (χ1v) is 3.85. The van der Waals surface area contributed by atoms with Crippen LogP contribution in [0.5, 0.6) is 0 Å². The zero-order valence-electron chi connectivity index (χ0n) is 7.27. The molecule has 0 saturated heterocycles. The van der Waals surface area contributed by atoms with Gasteiger partial charge in [-0.1, -0.05) is 12.1 Å². The maximum Gasteiger partial charge on any atom is 0.336 e. The van der Waals surface area contributed by atoms with Crippen molar-refractivity contribution in [3.63, 3.8) is 0 Å². The van der Waals surface area contributed by atoms with Gasteiger partial charge in [0.2, 0.25) is 0 Å². The third kappa shape index (κ3) is 1.55. The summed E-state index contributed by atoms with van der Waals surface area (Å²) in [6.45, 7) is 0. The van der Waals surface area contributed by atoms with Gasteiger partial charge in [-0.2, -0.15) is 0 Å². The molecule has 2 aromatic rings. The summed E-state index contributed by atoms with van der Waals surface area (Å²) in [5.41, 5.74) is 0.319. The van der Waals surface area contributed by atoms with Gasteiger partial charge in [0, 0.05) is 17.8 Å². The Kier molecular flexibility index (Phi) is 2.79. The summed E-state index contributed by atoms with van der Waals surface area (Å²) in [6, 6.07) is 6.85. The summed E-state index contributed by atoms with van der Waals surface area (Å²) in [7, 11) is 0. The number of benzene rings is 1. The summed E-state index contributed by atoms with van der Waals surface area (Å²) < 4.78 is 0. The van der Waals surface area contributed by atoms with Crippen LogP contribution in [0.25, 0.3) is 10.8 Å². The number of aromatic nitrogens is 1. The Morgan fingerprint density at radius 3 is 2.79 bits per heavy atom. The minimum atomic E-state index is -0.906. The van der Waals surface area contributed by atoms with Crippen molar-refractivity contribution in [2.45, 2.75) is 0 Å². The molecule has 14 heavy (non-hydrogen) atoms. The molecule has 0 spiro atoms. The number of aromatic carboxylic acids is 1. The zero-order valence-corrected chi connectivity index (χ0v) is 7.27. The molecule has 0 saturated carbocycles. The maximum absolute atomic E-state index is 10.8. The van der Waals surface area contributed by atoms with E-state index in [9.17, 15) is 4.79 Å². The molecular weight excluding hydrogens is 182 g/mol. The van der Waals surface area contributed by atoms with Crippen molar-refractivity contribution in [1.29, 1.82) is 0 Å². The van der Waals surface area contributed by atoms with Crippen LogP contribution in [0.3, 0.4) is 0 Å². The number of carboxylic acids is 1. The predicted octanol–water partition coefficient (Wildman–Crippen LogP) is 1.11. The Morgan fingerprint density at radius 1 is 1.29 bits per heavy atom. The number of hydrogen-bond donors (Lipinski definition) is 1. The fourth-order valence-electron chi connectivity index (χ4n) is 1.31. The molecule has 1 heterocycles. The summed E-state index contributed by atoms with van der Waals surface area (Å²) in [5.74, 6) is -0.906. The van der Waals surface area contributed by atoms with Crippen molar-refractivity contribution in [2.24, 2.45) is 0 Å². The van der Waals surface area contributed by atoms with Gasteiger partial charge in [0.25, 0.3) is 0 Å². The highest BCUT2D eigenvalue weighted by Gasteiger charge is 2.06. The van der Waals surface area contributed by atoms with E-state index >= 15 is 0 Å². The number of nitrogens with zero attached hydrogens (tertiary/aromatic N) is 1. The number of fused-ring (bicyclic) bond motifs is 1. The highest BCUT2D eigenvalue weighted by molar-refractivity contribution is 6.03. The lowest BCUT2D eigenvalue weighted by atomic mass is 10.1. The van der Waals surface area contributed by atoms with E-state index in [4.69, 9.17) is 5.11 Å². The molecule has 4 nitrogen and oxygen atoms in total. The molecule has 0 atom stereocenters. The number of hydrogen-bond acceptors (Lipinski definition) is 2. The average Bonchev–Trinajstić information content (AvgIpc) is 2.17. The van der Waals surface area contributed by atoms with Gasteiger partial charge in [-0.15, -0.1) is 0 Å². The van der Waals surface area contributed by atoms with Crippen LogP contribution in [0.1, 0.15) is 10.4 Å². The maximum atomic E-state index is 10.8. The summed E-state index contributed by atoms with van der Waals surface area (Å²) >= 11 is 0. The predicted molar refractivity (Wildman–Crippen MR) is 52.3 cm³/mol. The van der Waals surface area contributed by atoms with Crippen molar-refractivity contribution in [2.75, 3.05) is 0 Å². The summed E-state index contributed by atoms with van der Waals surface area (Å²) in [6.07, 6.45) is 3.25. The quantitative estimate of drug-likeness (QED) is 0.732. The highest BCUT2D eigenvalue weighted by atomic mass is 16.4. The second-order valence-corrected chi connectivity index (χ2v) is 2.71. The second kappa shape index (κ2) is 3.85. The van der Waals surface area contributed by atoms with Crippen LogP contribution in [0, 0.1) is 0 Å². The molecule has 4 heteroatoms. The third-order valence-electron chi connectivity index (χ3n) is 1.91. The van der Waals surface area contributed by atoms with Gasteiger partial charge in [0.1, 0.15) is 0 Å². The van der Waals surface area contributed by atoms with Gasteiger partial charge >= 0.3 is 5.97 Å². The van der Waals surface area contributed by atoms with E-state index < -0.39 is 5.97 Å². The topological polar surface area (TPSA) is 81.7 Å². The third-order valence-corrected chi connectivity index (χ3v) is 1.91. The Morgan fingerprint density at radius 2 is 2.07 bits per heavy atom. The van der Waals surface area contributed by atoms with Gasteiger partial charge in [0.15, 0.2) is 0 Å². The minimum absolute atomic E-state index is 0. The molecule has 2 rings (SSSR count). The van der Waals surface area contributed by atoms with Gasteiger partial charge < -0.3 is 10.6 Å². The van der Waals surface area contributed by atoms with E-state index in [0.717, 1.165) is 10.8 Å². The van der Waals surface area contributed by atoms with Crippen LogP contribution in [0.15, 0.2) is 36.7 Å². The molecule has 3 N–H and O–H groups in total.